The van der Waals surface area contributed by atoms with Gasteiger partial charge in [-0.1, -0.05) is 6.42 Å². The molecular formula is C11H18F2N2O. The Labute approximate surface area is 94.2 Å². The lowest BCUT2D eigenvalue weighted by Gasteiger charge is -2.37. The number of carbonyl (C=O) groups is 1. The molecule has 0 aromatic carbocycles. The van der Waals surface area contributed by atoms with E-state index in [4.69, 9.17) is 0 Å². The van der Waals surface area contributed by atoms with Gasteiger partial charge in [0, 0.05) is 32.0 Å². The van der Waals surface area contributed by atoms with Crippen LogP contribution in [0.4, 0.5) is 8.78 Å². The first kappa shape index (κ1) is 11.8. The number of halogens is 2. The molecule has 0 aliphatic carbocycles. The van der Waals surface area contributed by atoms with Crippen LogP contribution in [0.2, 0.25) is 0 Å². The normalized spacial score (nSPS) is 31.2. The molecule has 2 aliphatic rings. The van der Waals surface area contributed by atoms with Crippen molar-refractivity contribution in [2.45, 2.75) is 44.1 Å². The van der Waals surface area contributed by atoms with Gasteiger partial charge in [-0.05, 0) is 12.8 Å². The zero-order valence-electron chi connectivity index (χ0n) is 9.35. The topological polar surface area (TPSA) is 32.3 Å². The summed E-state index contributed by atoms with van der Waals surface area (Å²) in [5.41, 5.74) is 0. The summed E-state index contributed by atoms with van der Waals surface area (Å²) in [7, 11) is 0. The van der Waals surface area contributed by atoms with Crippen LogP contribution in [0.15, 0.2) is 0 Å². The van der Waals surface area contributed by atoms with Crippen LogP contribution in [0.1, 0.15) is 32.1 Å². The first-order valence-corrected chi connectivity index (χ1v) is 5.96. The van der Waals surface area contributed by atoms with E-state index in [1.807, 2.05) is 0 Å². The third-order valence-electron chi connectivity index (χ3n) is 3.35. The molecule has 0 unspecified atom stereocenters. The summed E-state index contributed by atoms with van der Waals surface area (Å²) in [4.78, 5) is 13.4. The van der Waals surface area contributed by atoms with Crippen molar-refractivity contribution >= 4 is 5.91 Å². The number of hydrogen-bond donors (Lipinski definition) is 1. The van der Waals surface area contributed by atoms with Crippen LogP contribution in [-0.2, 0) is 4.79 Å². The fraction of sp³-hybridized carbons (Fsp3) is 0.909. The molecule has 0 saturated carbocycles. The van der Waals surface area contributed by atoms with Crippen molar-refractivity contribution in [2.24, 2.45) is 0 Å². The van der Waals surface area contributed by atoms with Gasteiger partial charge in [-0.15, -0.1) is 0 Å². The first-order chi connectivity index (χ1) is 7.58. The molecule has 92 valence electrons. The maximum absolute atomic E-state index is 13.2. The summed E-state index contributed by atoms with van der Waals surface area (Å²) in [6, 6.07) is -0.325. The summed E-state index contributed by atoms with van der Waals surface area (Å²) in [5.74, 6) is -2.63. The lowest BCUT2D eigenvalue weighted by molar-refractivity contribution is -0.136. The summed E-state index contributed by atoms with van der Waals surface area (Å²) in [6.07, 6.45) is 3.19. The van der Waals surface area contributed by atoms with Crippen molar-refractivity contribution in [1.29, 1.82) is 0 Å². The van der Waals surface area contributed by atoms with Crippen molar-refractivity contribution < 1.29 is 13.6 Å². The Kier molecular flexibility index (Phi) is 3.42. The molecule has 2 rings (SSSR count). The van der Waals surface area contributed by atoms with Crippen LogP contribution < -0.4 is 5.32 Å². The number of carbonyl (C=O) groups excluding carboxylic acids is 1. The molecule has 2 fully saturated rings. The Balaban J connectivity index is 2.01. The van der Waals surface area contributed by atoms with Gasteiger partial charge in [0.15, 0.2) is 0 Å². The lowest BCUT2D eigenvalue weighted by Crippen LogP contribution is -2.55. The lowest BCUT2D eigenvalue weighted by atomic mass is 10.0. The van der Waals surface area contributed by atoms with E-state index in [1.165, 1.54) is 0 Å². The SMILES string of the molecule is O=C1CCCCCN1[C@H]1CNCC(F)(F)C1. The van der Waals surface area contributed by atoms with E-state index < -0.39 is 5.92 Å². The molecule has 0 aromatic rings. The molecule has 2 saturated heterocycles. The molecule has 2 aliphatic heterocycles. The number of piperidine rings is 1. The van der Waals surface area contributed by atoms with E-state index in [-0.39, 0.29) is 24.9 Å². The van der Waals surface area contributed by atoms with Gasteiger partial charge >= 0.3 is 0 Å². The average Bonchev–Trinajstić information content (AvgIpc) is 2.41. The Morgan fingerprint density at radius 1 is 1.31 bits per heavy atom. The highest BCUT2D eigenvalue weighted by Gasteiger charge is 2.39. The number of nitrogens with zero attached hydrogens (tertiary/aromatic N) is 1. The molecule has 1 atom stereocenters. The summed E-state index contributed by atoms with van der Waals surface area (Å²) in [5, 5.41) is 2.72. The molecule has 0 radical (unpaired) electrons. The van der Waals surface area contributed by atoms with Crippen LogP contribution in [0, 0.1) is 0 Å². The number of likely N-dealkylation sites (tertiary alicyclic amines) is 1. The maximum Gasteiger partial charge on any atom is 0.262 e. The molecule has 5 heteroatoms. The quantitative estimate of drug-likeness (QED) is 0.741. The molecule has 0 bridgehead atoms. The monoisotopic (exact) mass is 232 g/mol. The molecule has 0 aromatic heterocycles. The molecule has 3 nitrogen and oxygen atoms in total. The number of nitrogens with one attached hydrogen (secondary N) is 1. The predicted octanol–water partition coefficient (Wildman–Crippen LogP) is 1.39. The summed E-state index contributed by atoms with van der Waals surface area (Å²) in [6.45, 7) is 0.883. The highest BCUT2D eigenvalue weighted by atomic mass is 19.3. The van der Waals surface area contributed by atoms with Crippen molar-refractivity contribution in [3.05, 3.63) is 0 Å². The van der Waals surface area contributed by atoms with Gasteiger partial charge in [0.1, 0.15) is 0 Å². The van der Waals surface area contributed by atoms with Gasteiger partial charge in [0.2, 0.25) is 5.91 Å². The smallest absolute Gasteiger partial charge is 0.262 e. The number of amides is 1. The summed E-state index contributed by atoms with van der Waals surface area (Å²) < 4.78 is 26.5. The predicted molar refractivity (Wildman–Crippen MR) is 56.4 cm³/mol. The molecule has 16 heavy (non-hydrogen) atoms. The van der Waals surface area contributed by atoms with Crippen LogP contribution in [0.5, 0.6) is 0 Å². The van der Waals surface area contributed by atoms with Gasteiger partial charge < -0.3 is 10.2 Å². The van der Waals surface area contributed by atoms with E-state index in [0.717, 1.165) is 19.3 Å². The minimum atomic E-state index is -2.67. The minimum Gasteiger partial charge on any atom is -0.338 e. The number of rotatable bonds is 1. The third kappa shape index (κ3) is 2.70. The second kappa shape index (κ2) is 4.65. The van der Waals surface area contributed by atoms with E-state index in [9.17, 15) is 13.6 Å². The number of hydrogen-bond acceptors (Lipinski definition) is 2. The van der Waals surface area contributed by atoms with E-state index in [1.54, 1.807) is 4.90 Å². The van der Waals surface area contributed by atoms with Gasteiger partial charge in [-0.25, -0.2) is 8.78 Å². The second-order valence-electron chi connectivity index (χ2n) is 4.74. The Morgan fingerprint density at radius 3 is 2.88 bits per heavy atom. The van der Waals surface area contributed by atoms with Gasteiger partial charge in [-0.2, -0.15) is 0 Å². The fourth-order valence-corrected chi connectivity index (χ4v) is 2.52. The highest BCUT2D eigenvalue weighted by Crippen LogP contribution is 2.27. The van der Waals surface area contributed by atoms with E-state index >= 15 is 0 Å². The Hall–Kier alpha value is -0.710. The van der Waals surface area contributed by atoms with Crippen molar-refractivity contribution in [1.82, 2.24) is 10.2 Å². The van der Waals surface area contributed by atoms with Gasteiger partial charge in [0.05, 0.1) is 6.54 Å². The highest BCUT2D eigenvalue weighted by molar-refractivity contribution is 5.76. The first-order valence-electron chi connectivity index (χ1n) is 5.96. The van der Waals surface area contributed by atoms with Crippen molar-refractivity contribution in [3.63, 3.8) is 0 Å². The molecular weight excluding hydrogens is 214 g/mol. The fourth-order valence-electron chi connectivity index (χ4n) is 2.52. The van der Waals surface area contributed by atoms with Crippen molar-refractivity contribution in [3.8, 4) is 0 Å². The average molecular weight is 232 g/mol. The largest absolute Gasteiger partial charge is 0.338 e. The molecule has 0 spiro atoms. The molecule has 1 N–H and O–H groups in total. The van der Waals surface area contributed by atoms with Gasteiger partial charge in [0.25, 0.3) is 5.92 Å². The second-order valence-corrected chi connectivity index (χ2v) is 4.74. The van der Waals surface area contributed by atoms with Crippen LogP contribution in [0.25, 0.3) is 0 Å². The number of alkyl halides is 2. The van der Waals surface area contributed by atoms with Gasteiger partial charge in [-0.3, -0.25) is 4.79 Å². The van der Waals surface area contributed by atoms with Crippen LogP contribution >= 0.6 is 0 Å². The zero-order valence-corrected chi connectivity index (χ0v) is 9.35. The molecule has 2 heterocycles. The standard InChI is InChI=1S/C11H18F2N2O/c12-11(13)6-9(7-14-8-11)15-5-3-1-2-4-10(15)16/h9,14H,1-8H2/t9-/m1/s1. The maximum atomic E-state index is 13.2. The minimum absolute atomic E-state index is 0.0435. The Bertz CT molecular complexity index is 271. The zero-order chi connectivity index (χ0) is 11.6. The van der Waals surface area contributed by atoms with Crippen molar-refractivity contribution in [2.75, 3.05) is 19.6 Å². The van der Waals surface area contributed by atoms with E-state index in [0.29, 0.717) is 19.5 Å². The van der Waals surface area contributed by atoms with E-state index in [2.05, 4.69) is 5.32 Å². The third-order valence-corrected chi connectivity index (χ3v) is 3.35. The van der Waals surface area contributed by atoms with Crippen LogP contribution in [0.3, 0.4) is 0 Å². The Morgan fingerprint density at radius 2 is 2.12 bits per heavy atom. The summed E-state index contributed by atoms with van der Waals surface area (Å²) >= 11 is 0. The molecule has 1 amide bonds. The van der Waals surface area contributed by atoms with Crippen LogP contribution in [-0.4, -0.2) is 42.4 Å².